The molecular formula is C6H7N3OS2. The lowest BCUT2D eigenvalue weighted by Gasteiger charge is -2.15. The van der Waals surface area contributed by atoms with Crippen LogP contribution in [0.15, 0.2) is 5.51 Å². The van der Waals surface area contributed by atoms with Gasteiger partial charge in [0.05, 0.1) is 11.1 Å². The third kappa shape index (κ3) is 1.21. The monoisotopic (exact) mass is 201 g/mol. The van der Waals surface area contributed by atoms with E-state index < -0.39 is 0 Å². The Hall–Kier alpha value is -0.620. The summed E-state index contributed by atoms with van der Waals surface area (Å²) in [6, 6.07) is 0. The van der Waals surface area contributed by atoms with Gasteiger partial charge in [-0.3, -0.25) is 9.69 Å². The molecule has 1 atom stereocenters. The predicted molar refractivity (Wildman–Crippen MR) is 49.3 cm³/mol. The van der Waals surface area contributed by atoms with Crippen molar-refractivity contribution in [3.05, 3.63) is 5.51 Å². The lowest BCUT2D eigenvalue weighted by Crippen LogP contribution is -2.30. The van der Waals surface area contributed by atoms with Gasteiger partial charge < -0.3 is 0 Å². The second-order valence-corrected chi connectivity index (χ2v) is 4.51. The quantitative estimate of drug-likeness (QED) is 0.679. The number of carbonyl (C=O) groups excluding carboxylic acids is 1. The van der Waals surface area contributed by atoms with Crippen LogP contribution in [0.25, 0.3) is 0 Å². The van der Waals surface area contributed by atoms with E-state index in [4.69, 9.17) is 0 Å². The first-order valence-corrected chi connectivity index (χ1v) is 5.41. The van der Waals surface area contributed by atoms with Crippen molar-refractivity contribution in [1.82, 2.24) is 10.2 Å². The van der Waals surface area contributed by atoms with Crippen molar-refractivity contribution in [1.29, 1.82) is 0 Å². The normalized spacial score (nSPS) is 23.6. The van der Waals surface area contributed by atoms with Crippen LogP contribution in [0.3, 0.4) is 0 Å². The van der Waals surface area contributed by atoms with Gasteiger partial charge in [0.1, 0.15) is 5.51 Å². The Morgan fingerprint density at radius 1 is 1.75 bits per heavy atom. The molecule has 6 heteroatoms. The van der Waals surface area contributed by atoms with Crippen molar-refractivity contribution in [3.8, 4) is 0 Å². The van der Waals surface area contributed by atoms with Crippen LogP contribution < -0.4 is 4.90 Å². The highest BCUT2D eigenvalue weighted by atomic mass is 32.2. The lowest BCUT2D eigenvalue weighted by atomic mass is 10.5. The Balaban J connectivity index is 2.28. The van der Waals surface area contributed by atoms with Crippen molar-refractivity contribution >= 4 is 34.1 Å². The first-order chi connectivity index (χ1) is 5.79. The molecule has 12 heavy (non-hydrogen) atoms. The smallest absolute Gasteiger partial charge is 0.239 e. The van der Waals surface area contributed by atoms with Crippen LogP contribution in [0.4, 0.5) is 5.13 Å². The Bertz CT molecular complexity index is 287. The van der Waals surface area contributed by atoms with E-state index in [1.165, 1.54) is 11.3 Å². The molecule has 1 amide bonds. The maximum atomic E-state index is 11.3. The minimum Gasteiger partial charge on any atom is -0.274 e. The number of anilines is 1. The second-order valence-electron chi connectivity index (χ2n) is 2.40. The van der Waals surface area contributed by atoms with Crippen LogP contribution in [0.2, 0.25) is 0 Å². The molecule has 0 aromatic carbocycles. The van der Waals surface area contributed by atoms with Gasteiger partial charge in [-0.1, -0.05) is 11.3 Å². The van der Waals surface area contributed by atoms with Crippen LogP contribution in [-0.4, -0.2) is 27.2 Å². The van der Waals surface area contributed by atoms with Gasteiger partial charge in [0.15, 0.2) is 0 Å². The Labute approximate surface area is 78.0 Å². The molecule has 1 aliphatic heterocycles. The SMILES string of the molecule is C[C@H]1SCC(=O)N1c1nncs1. The van der Waals surface area contributed by atoms with Crippen LogP contribution >= 0.6 is 23.1 Å². The first-order valence-electron chi connectivity index (χ1n) is 3.49. The van der Waals surface area contributed by atoms with Crippen LogP contribution in [0.1, 0.15) is 6.92 Å². The molecule has 1 aromatic rings. The molecule has 64 valence electrons. The first kappa shape index (κ1) is 8.00. The van der Waals surface area contributed by atoms with Crippen molar-refractivity contribution < 1.29 is 4.79 Å². The van der Waals surface area contributed by atoms with Crippen molar-refractivity contribution in [2.75, 3.05) is 10.7 Å². The van der Waals surface area contributed by atoms with Gasteiger partial charge in [0.25, 0.3) is 0 Å². The molecule has 4 nitrogen and oxygen atoms in total. The number of hydrogen-bond acceptors (Lipinski definition) is 5. The lowest BCUT2D eigenvalue weighted by molar-refractivity contribution is -0.115. The van der Waals surface area contributed by atoms with Gasteiger partial charge in [-0.25, -0.2) is 0 Å². The third-order valence-corrected chi connectivity index (χ3v) is 3.43. The minimum atomic E-state index is 0.129. The van der Waals surface area contributed by atoms with Gasteiger partial charge in [0.2, 0.25) is 11.0 Å². The van der Waals surface area contributed by atoms with E-state index in [2.05, 4.69) is 10.2 Å². The van der Waals surface area contributed by atoms with Gasteiger partial charge in [-0.2, -0.15) is 0 Å². The minimum absolute atomic E-state index is 0.129. The van der Waals surface area contributed by atoms with Gasteiger partial charge >= 0.3 is 0 Å². The van der Waals surface area contributed by atoms with Crippen LogP contribution in [-0.2, 0) is 4.79 Å². The van der Waals surface area contributed by atoms with Crippen LogP contribution in [0, 0.1) is 0 Å². The van der Waals surface area contributed by atoms with Gasteiger partial charge in [-0.05, 0) is 6.92 Å². The highest BCUT2D eigenvalue weighted by Crippen LogP contribution is 2.30. The fourth-order valence-corrected chi connectivity index (χ4v) is 2.69. The van der Waals surface area contributed by atoms with Crippen molar-refractivity contribution in [2.45, 2.75) is 12.3 Å². The summed E-state index contributed by atoms with van der Waals surface area (Å²) >= 11 is 3.02. The van der Waals surface area contributed by atoms with E-state index in [1.807, 2.05) is 6.92 Å². The zero-order valence-electron chi connectivity index (χ0n) is 6.43. The number of nitrogens with zero attached hydrogens (tertiary/aromatic N) is 3. The largest absolute Gasteiger partial charge is 0.274 e. The van der Waals surface area contributed by atoms with E-state index in [1.54, 1.807) is 22.2 Å². The number of hydrogen-bond donors (Lipinski definition) is 0. The summed E-state index contributed by atoms with van der Waals surface area (Å²) in [5.41, 5.74) is 1.64. The molecule has 1 fully saturated rings. The Morgan fingerprint density at radius 2 is 2.58 bits per heavy atom. The van der Waals surface area contributed by atoms with Gasteiger partial charge in [0, 0.05) is 0 Å². The number of aromatic nitrogens is 2. The summed E-state index contributed by atoms with van der Waals surface area (Å²) in [4.78, 5) is 13.0. The molecule has 0 radical (unpaired) electrons. The number of carbonyl (C=O) groups is 1. The Morgan fingerprint density at radius 3 is 3.08 bits per heavy atom. The van der Waals surface area contributed by atoms with E-state index in [-0.39, 0.29) is 11.3 Å². The third-order valence-electron chi connectivity index (χ3n) is 1.63. The summed E-state index contributed by atoms with van der Waals surface area (Å²) in [6.07, 6.45) is 0. The molecule has 0 saturated carbocycles. The molecule has 0 aliphatic carbocycles. The molecule has 2 rings (SSSR count). The second kappa shape index (κ2) is 3.02. The molecule has 0 N–H and O–H groups in total. The molecule has 1 saturated heterocycles. The number of rotatable bonds is 1. The van der Waals surface area contributed by atoms with E-state index in [9.17, 15) is 4.79 Å². The molecule has 1 aliphatic rings. The summed E-state index contributed by atoms with van der Waals surface area (Å²) in [5, 5.41) is 8.47. The highest BCUT2D eigenvalue weighted by molar-refractivity contribution is 8.01. The predicted octanol–water partition coefficient (Wildman–Crippen LogP) is 0.964. The van der Waals surface area contributed by atoms with Gasteiger partial charge in [-0.15, -0.1) is 22.0 Å². The van der Waals surface area contributed by atoms with Crippen molar-refractivity contribution in [3.63, 3.8) is 0 Å². The molecule has 0 unspecified atom stereocenters. The maximum Gasteiger partial charge on any atom is 0.239 e. The standard InChI is InChI=1S/C6H7N3OS2/c1-4-9(5(10)2-11-4)6-8-7-3-12-6/h3-4H,2H2,1H3/t4-/m1/s1. The summed E-state index contributed by atoms with van der Waals surface area (Å²) in [6.45, 7) is 2.00. The van der Waals surface area contributed by atoms with E-state index >= 15 is 0 Å². The highest BCUT2D eigenvalue weighted by Gasteiger charge is 2.31. The topological polar surface area (TPSA) is 46.1 Å². The Kier molecular flexibility index (Phi) is 2.02. The summed E-state index contributed by atoms with van der Waals surface area (Å²) in [7, 11) is 0. The maximum absolute atomic E-state index is 11.3. The summed E-state index contributed by atoms with van der Waals surface area (Å²) in [5.74, 6) is 0.685. The fourth-order valence-electron chi connectivity index (χ4n) is 1.07. The average Bonchev–Trinajstić information content (AvgIpc) is 2.61. The molecule has 1 aromatic heterocycles. The zero-order chi connectivity index (χ0) is 8.55. The zero-order valence-corrected chi connectivity index (χ0v) is 8.06. The molecular weight excluding hydrogens is 194 g/mol. The molecule has 2 heterocycles. The van der Waals surface area contributed by atoms with Crippen molar-refractivity contribution in [2.24, 2.45) is 0 Å². The number of thioether (sulfide) groups is 1. The average molecular weight is 201 g/mol. The molecule has 0 bridgehead atoms. The fraction of sp³-hybridized carbons (Fsp3) is 0.500. The number of amides is 1. The van der Waals surface area contributed by atoms with Crippen LogP contribution in [0.5, 0.6) is 0 Å². The molecule has 0 spiro atoms. The van der Waals surface area contributed by atoms with E-state index in [0.29, 0.717) is 10.9 Å². The van der Waals surface area contributed by atoms with E-state index in [0.717, 1.165) is 0 Å². The summed E-state index contributed by atoms with van der Waals surface area (Å²) < 4.78 is 0.